The average Bonchev–Trinajstić information content (AvgIpc) is 2.34. The second kappa shape index (κ2) is 3.24. The van der Waals surface area contributed by atoms with Crippen molar-refractivity contribution in [3.8, 4) is 0 Å². The van der Waals surface area contributed by atoms with Gasteiger partial charge in [0.05, 0.1) is 23.1 Å². The summed E-state index contributed by atoms with van der Waals surface area (Å²) >= 11 is 1.83. The maximum absolute atomic E-state index is 4.37. The van der Waals surface area contributed by atoms with Crippen molar-refractivity contribution in [3.05, 3.63) is 0 Å². The highest BCUT2D eigenvalue weighted by Crippen LogP contribution is 2.27. The fourth-order valence-corrected chi connectivity index (χ4v) is 2.30. The summed E-state index contributed by atoms with van der Waals surface area (Å²) in [6, 6.07) is 0. The molecule has 0 atom stereocenters. The van der Waals surface area contributed by atoms with E-state index >= 15 is 0 Å². The molecular formula is C8H16N3S+. The second-order valence-corrected chi connectivity index (χ2v) is 4.82. The van der Waals surface area contributed by atoms with E-state index in [0.717, 1.165) is 24.1 Å². The van der Waals surface area contributed by atoms with Gasteiger partial charge in [0.2, 0.25) is 11.9 Å². The predicted molar refractivity (Wildman–Crippen MR) is 49.9 cm³/mol. The number of nitrogens with zero attached hydrogens (tertiary/aromatic N) is 3. The second-order valence-electron chi connectivity index (χ2n) is 3.83. The van der Waals surface area contributed by atoms with Gasteiger partial charge in [-0.3, -0.25) is 0 Å². The third kappa shape index (κ3) is 1.44. The van der Waals surface area contributed by atoms with Gasteiger partial charge in [0.25, 0.3) is 0 Å². The van der Waals surface area contributed by atoms with Gasteiger partial charge >= 0.3 is 0 Å². The Labute approximate surface area is 77.9 Å². The van der Waals surface area contributed by atoms with Crippen LogP contribution in [0.3, 0.4) is 0 Å². The molecule has 0 aromatic heterocycles. The van der Waals surface area contributed by atoms with Crippen LogP contribution in [-0.4, -0.2) is 34.6 Å². The van der Waals surface area contributed by atoms with Gasteiger partial charge in [0, 0.05) is 11.0 Å². The highest BCUT2D eigenvalue weighted by molar-refractivity contribution is 7.93. The molecule has 1 saturated heterocycles. The van der Waals surface area contributed by atoms with E-state index < -0.39 is 0 Å². The summed E-state index contributed by atoms with van der Waals surface area (Å²) in [4.78, 5) is 0. The largest absolute Gasteiger partial charge is 0.225 e. The van der Waals surface area contributed by atoms with Crippen molar-refractivity contribution in [2.45, 2.75) is 13.8 Å². The molecule has 0 spiro atoms. The highest BCUT2D eigenvalue weighted by atomic mass is 32.2. The third-order valence-electron chi connectivity index (χ3n) is 2.59. The molecule has 0 aromatic rings. The predicted octanol–water partition coefficient (Wildman–Crippen LogP) is 1.62. The first-order chi connectivity index (χ1) is 5.77. The lowest BCUT2D eigenvalue weighted by Gasteiger charge is -2.35. The summed E-state index contributed by atoms with van der Waals surface area (Å²) in [7, 11) is 0. The summed E-state index contributed by atoms with van der Waals surface area (Å²) in [5.74, 6) is 2.87. The van der Waals surface area contributed by atoms with E-state index in [2.05, 4.69) is 28.2 Å². The van der Waals surface area contributed by atoms with Crippen molar-refractivity contribution in [1.29, 1.82) is 0 Å². The SMILES string of the molecule is CC(C)C1CN([N+]2=NCCS2)C1. The molecule has 0 N–H and O–H groups in total. The normalized spacial score (nSPS) is 24.6. The molecule has 2 rings (SSSR count). The minimum absolute atomic E-state index is 0.828. The van der Waals surface area contributed by atoms with E-state index in [4.69, 9.17) is 0 Å². The molecule has 0 bridgehead atoms. The zero-order chi connectivity index (χ0) is 8.55. The Hall–Kier alpha value is -0.250. The van der Waals surface area contributed by atoms with Crippen LogP contribution in [0, 0.1) is 11.8 Å². The highest BCUT2D eigenvalue weighted by Gasteiger charge is 2.38. The number of rotatable bonds is 2. The number of hydrogen-bond donors (Lipinski definition) is 0. The minimum Gasteiger partial charge on any atom is -0.148 e. The van der Waals surface area contributed by atoms with Crippen LogP contribution in [0.15, 0.2) is 5.11 Å². The molecule has 2 aliphatic heterocycles. The molecule has 0 aliphatic carbocycles. The van der Waals surface area contributed by atoms with Crippen LogP contribution in [0.25, 0.3) is 0 Å². The number of hydrogen-bond acceptors (Lipinski definition) is 3. The smallest absolute Gasteiger partial charge is 0.148 e. The molecule has 1 fully saturated rings. The third-order valence-corrected chi connectivity index (χ3v) is 3.54. The summed E-state index contributed by atoms with van der Waals surface area (Å²) < 4.78 is 2.08. The first kappa shape index (κ1) is 8.35. The Bertz CT molecular complexity index is 196. The Morgan fingerprint density at radius 2 is 2.25 bits per heavy atom. The lowest BCUT2D eigenvalue weighted by Crippen LogP contribution is -2.51. The summed E-state index contributed by atoms with van der Waals surface area (Å²) in [5, 5.41) is 6.71. The van der Waals surface area contributed by atoms with Gasteiger partial charge in [-0.1, -0.05) is 13.8 Å². The van der Waals surface area contributed by atoms with Crippen LogP contribution in [0.1, 0.15) is 13.8 Å². The monoisotopic (exact) mass is 186 g/mol. The quantitative estimate of drug-likeness (QED) is 0.482. The van der Waals surface area contributed by atoms with E-state index in [0.29, 0.717) is 0 Å². The van der Waals surface area contributed by atoms with Crippen LogP contribution in [0.5, 0.6) is 0 Å². The topological polar surface area (TPSA) is 18.6 Å². The fraction of sp³-hybridized carbons (Fsp3) is 1.00. The molecule has 2 heterocycles. The van der Waals surface area contributed by atoms with E-state index in [-0.39, 0.29) is 0 Å². The van der Waals surface area contributed by atoms with Gasteiger partial charge < -0.3 is 0 Å². The maximum Gasteiger partial charge on any atom is 0.225 e. The van der Waals surface area contributed by atoms with Gasteiger partial charge in [-0.05, 0) is 5.92 Å². The van der Waals surface area contributed by atoms with Gasteiger partial charge in [0.1, 0.15) is 6.54 Å². The first-order valence-electron chi connectivity index (χ1n) is 4.62. The molecule has 0 unspecified atom stereocenters. The molecule has 3 nitrogen and oxygen atoms in total. The molecule has 2 aliphatic rings. The molecular weight excluding hydrogens is 170 g/mol. The van der Waals surface area contributed by atoms with Crippen molar-refractivity contribution in [2.24, 2.45) is 17.0 Å². The fourth-order valence-electron chi connectivity index (χ4n) is 1.51. The molecule has 0 radical (unpaired) electrons. The standard InChI is InChI=1S/C8H16N3S/c1-7(2)8-5-10(6-8)11-9-3-4-12-11/h7-8H,3-6H2,1-2H3/q+1. The van der Waals surface area contributed by atoms with Gasteiger partial charge in [-0.15, -0.1) is 5.01 Å². The maximum atomic E-state index is 4.37. The zero-order valence-electron chi connectivity index (χ0n) is 7.73. The van der Waals surface area contributed by atoms with Crippen molar-refractivity contribution in [2.75, 3.05) is 25.4 Å². The Morgan fingerprint density at radius 1 is 1.50 bits per heavy atom. The minimum atomic E-state index is 0.828. The molecule has 0 aromatic carbocycles. The van der Waals surface area contributed by atoms with E-state index in [1.165, 1.54) is 13.1 Å². The van der Waals surface area contributed by atoms with Crippen LogP contribution < -0.4 is 0 Å². The molecule has 0 amide bonds. The lowest BCUT2D eigenvalue weighted by atomic mass is 9.90. The Balaban J connectivity index is 1.81. The molecule has 68 valence electrons. The van der Waals surface area contributed by atoms with Crippen molar-refractivity contribution < 1.29 is 4.21 Å². The van der Waals surface area contributed by atoms with E-state index in [9.17, 15) is 0 Å². The van der Waals surface area contributed by atoms with Gasteiger partial charge in [-0.25, -0.2) is 0 Å². The van der Waals surface area contributed by atoms with Crippen LogP contribution in [0.4, 0.5) is 0 Å². The average molecular weight is 186 g/mol. The van der Waals surface area contributed by atoms with Gasteiger partial charge in [0.15, 0.2) is 0 Å². The van der Waals surface area contributed by atoms with Crippen molar-refractivity contribution >= 4 is 11.9 Å². The summed E-state index contributed by atoms with van der Waals surface area (Å²) in [6.07, 6.45) is 0. The Morgan fingerprint density at radius 3 is 2.75 bits per heavy atom. The lowest BCUT2D eigenvalue weighted by molar-refractivity contribution is -0.628. The van der Waals surface area contributed by atoms with Crippen LogP contribution in [0.2, 0.25) is 0 Å². The molecule has 4 heteroatoms. The van der Waals surface area contributed by atoms with Gasteiger partial charge in [-0.2, -0.15) is 0 Å². The Kier molecular flexibility index (Phi) is 2.26. The molecule has 0 saturated carbocycles. The zero-order valence-corrected chi connectivity index (χ0v) is 8.55. The van der Waals surface area contributed by atoms with E-state index in [1.807, 2.05) is 11.9 Å². The van der Waals surface area contributed by atoms with Crippen molar-refractivity contribution in [1.82, 2.24) is 5.01 Å². The first-order valence-corrected chi connectivity index (χ1v) is 5.57. The molecule has 12 heavy (non-hydrogen) atoms. The summed E-state index contributed by atoms with van der Waals surface area (Å²) in [5.41, 5.74) is 0. The number of hydrazine groups is 1. The van der Waals surface area contributed by atoms with E-state index in [1.54, 1.807) is 0 Å². The van der Waals surface area contributed by atoms with Crippen LogP contribution in [-0.2, 0) is 0 Å². The van der Waals surface area contributed by atoms with Crippen LogP contribution >= 0.6 is 11.9 Å². The van der Waals surface area contributed by atoms with Crippen molar-refractivity contribution in [3.63, 3.8) is 0 Å². The summed E-state index contributed by atoms with van der Waals surface area (Å²) in [6.45, 7) is 8.00.